The van der Waals surface area contributed by atoms with Gasteiger partial charge in [-0.3, -0.25) is 0 Å². The highest BCUT2D eigenvalue weighted by Crippen LogP contribution is 2.33. The largest absolute Gasteiger partial charge is 0.382 e. The van der Waals surface area contributed by atoms with Gasteiger partial charge in [0.2, 0.25) is 0 Å². The standard InChI is InChI=1S/C16H34O4/c1-15(2,3)14(20-11-9-18-7)12-16(4,5)13-19-10-8-17-6/h14H,8-13H2,1-7H3. The normalized spacial score (nSPS) is 14.6. The van der Waals surface area contributed by atoms with Crippen LogP contribution < -0.4 is 0 Å². The molecule has 0 aromatic rings. The summed E-state index contributed by atoms with van der Waals surface area (Å²) in [6.45, 7) is 14.4. The molecule has 1 atom stereocenters. The highest BCUT2D eigenvalue weighted by Gasteiger charge is 2.32. The highest BCUT2D eigenvalue weighted by molar-refractivity contribution is 4.82. The van der Waals surface area contributed by atoms with Crippen molar-refractivity contribution in [1.82, 2.24) is 0 Å². The van der Waals surface area contributed by atoms with Crippen LogP contribution in [0.15, 0.2) is 0 Å². The number of methoxy groups -OCH3 is 2. The molecule has 0 bridgehead atoms. The molecule has 0 saturated heterocycles. The lowest BCUT2D eigenvalue weighted by atomic mass is 9.78. The molecule has 0 amide bonds. The van der Waals surface area contributed by atoms with Crippen molar-refractivity contribution >= 4 is 0 Å². The van der Waals surface area contributed by atoms with Crippen LogP contribution in [-0.4, -0.2) is 53.4 Å². The van der Waals surface area contributed by atoms with Crippen molar-refractivity contribution < 1.29 is 18.9 Å². The van der Waals surface area contributed by atoms with Gasteiger partial charge in [-0.15, -0.1) is 0 Å². The van der Waals surface area contributed by atoms with Crippen LogP contribution in [0.5, 0.6) is 0 Å². The van der Waals surface area contributed by atoms with Gasteiger partial charge in [0, 0.05) is 14.2 Å². The van der Waals surface area contributed by atoms with E-state index in [0.717, 1.165) is 13.0 Å². The first-order chi connectivity index (χ1) is 9.23. The number of rotatable bonds is 11. The Kier molecular flexibility index (Phi) is 9.64. The summed E-state index contributed by atoms with van der Waals surface area (Å²) in [7, 11) is 3.39. The maximum absolute atomic E-state index is 6.01. The molecule has 0 spiro atoms. The Morgan fingerprint density at radius 3 is 1.85 bits per heavy atom. The molecule has 0 radical (unpaired) electrons. The minimum absolute atomic E-state index is 0.0821. The quantitative estimate of drug-likeness (QED) is 0.548. The van der Waals surface area contributed by atoms with Crippen molar-refractivity contribution in [2.75, 3.05) is 47.3 Å². The van der Waals surface area contributed by atoms with Crippen LogP contribution in [0.1, 0.15) is 41.0 Å². The fourth-order valence-electron chi connectivity index (χ4n) is 1.94. The molecule has 122 valence electrons. The Balaban J connectivity index is 4.31. The van der Waals surface area contributed by atoms with Gasteiger partial charge in [0.15, 0.2) is 0 Å². The predicted molar refractivity (Wildman–Crippen MR) is 82.2 cm³/mol. The van der Waals surface area contributed by atoms with Gasteiger partial charge < -0.3 is 18.9 Å². The van der Waals surface area contributed by atoms with Crippen LogP contribution in [0.3, 0.4) is 0 Å². The molecule has 0 rings (SSSR count). The molecule has 0 aromatic carbocycles. The van der Waals surface area contributed by atoms with Gasteiger partial charge in [0.05, 0.1) is 39.1 Å². The van der Waals surface area contributed by atoms with Crippen molar-refractivity contribution in [3.05, 3.63) is 0 Å². The lowest BCUT2D eigenvalue weighted by Gasteiger charge is -2.37. The molecule has 1 unspecified atom stereocenters. The Bertz CT molecular complexity index is 233. The first-order valence-electron chi connectivity index (χ1n) is 7.40. The fourth-order valence-corrected chi connectivity index (χ4v) is 1.94. The van der Waals surface area contributed by atoms with Crippen molar-refractivity contribution in [2.45, 2.75) is 47.1 Å². The van der Waals surface area contributed by atoms with Crippen LogP contribution in [0, 0.1) is 10.8 Å². The molecule has 0 heterocycles. The zero-order valence-corrected chi connectivity index (χ0v) is 14.5. The predicted octanol–water partition coefficient (Wildman–Crippen LogP) is 3.14. The lowest BCUT2D eigenvalue weighted by Crippen LogP contribution is -2.36. The van der Waals surface area contributed by atoms with Gasteiger partial charge in [-0.25, -0.2) is 0 Å². The van der Waals surface area contributed by atoms with E-state index < -0.39 is 0 Å². The van der Waals surface area contributed by atoms with Crippen LogP contribution >= 0.6 is 0 Å². The fraction of sp³-hybridized carbons (Fsp3) is 1.00. The van der Waals surface area contributed by atoms with E-state index in [0.29, 0.717) is 26.4 Å². The second kappa shape index (κ2) is 9.72. The minimum atomic E-state index is 0.0821. The summed E-state index contributed by atoms with van der Waals surface area (Å²) in [5.74, 6) is 0. The molecule has 0 N–H and O–H groups in total. The summed E-state index contributed by atoms with van der Waals surface area (Å²) in [6, 6.07) is 0. The van der Waals surface area contributed by atoms with Gasteiger partial charge in [0.25, 0.3) is 0 Å². The number of ether oxygens (including phenoxy) is 4. The summed E-state index contributed by atoms with van der Waals surface area (Å²) in [5, 5.41) is 0. The third-order valence-corrected chi connectivity index (χ3v) is 3.23. The summed E-state index contributed by atoms with van der Waals surface area (Å²) < 4.78 is 21.7. The average molecular weight is 290 g/mol. The summed E-state index contributed by atoms with van der Waals surface area (Å²) >= 11 is 0. The van der Waals surface area contributed by atoms with Crippen LogP contribution in [-0.2, 0) is 18.9 Å². The van der Waals surface area contributed by atoms with E-state index in [4.69, 9.17) is 18.9 Å². The van der Waals surface area contributed by atoms with E-state index in [1.54, 1.807) is 14.2 Å². The smallest absolute Gasteiger partial charge is 0.0704 e. The molecule has 0 aromatic heterocycles. The highest BCUT2D eigenvalue weighted by atomic mass is 16.5. The Labute approximate surface area is 125 Å². The lowest BCUT2D eigenvalue weighted by molar-refractivity contribution is -0.0710. The molecule has 20 heavy (non-hydrogen) atoms. The average Bonchev–Trinajstić information content (AvgIpc) is 2.32. The number of hydrogen-bond donors (Lipinski definition) is 0. The Morgan fingerprint density at radius 2 is 1.35 bits per heavy atom. The summed E-state index contributed by atoms with van der Waals surface area (Å²) in [6.07, 6.45) is 1.16. The molecule has 0 fully saturated rings. The second-order valence-corrected chi connectivity index (χ2v) is 7.13. The maximum Gasteiger partial charge on any atom is 0.0704 e. The number of hydrogen-bond acceptors (Lipinski definition) is 4. The van der Waals surface area contributed by atoms with Gasteiger partial charge in [-0.1, -0.05) is 34.6 Å². The van der Waals surface area contributed by atoms with Crippen molar-refractivity contribution in [3.63, 3.8) is 0 Å². The minimum Gasteiger partial charge on any atom is -0.382 e. The van der Waals surface area contributed by atoms with Crippen molar-refractivity contribution in [2.24, 2.45) is 10.8 Å². The SMILES string of the molecule is COCCOCC(C)(C)CC(OCCOC)C(C)(C)C. The van der Waals surface area contributed by atoms with E-state index in [2.05, 4.69) is 34.6 Å². The van der Waals surface area contributed by atoms with Crippen LogP contribution in [0.4, 0.5) is 0 Å². The summed E-state index contributed by atoms with van der Waals surface area (Å²) in [4.78, 5) is 0. The van der Waals surface area contributed by atoms with Crippen molar-refractivity contribution in [1.29, 1.82) is 0 Å². The first kappa shape index (κ1) is 19.8. The third-order valence-electron chi connectivity index (χ3n) is 3.23. The maximum atomic E-state index is 6.01. The molecular weight excluding hydrogens is 256 g/mol. The molecule has 0 aliphatic carbocycles. The monoisotopic (exact) mass is 290 g/mol. The van der Waals surface area contributed by atoms with Crippen LogP contribution in [0.25, 0.3) is 0 Å². The van der Waals surface area contributed by atoms with Gasteiger partial charge in [-0.2, -0.15) is 0 Å². The van der Waals surface area contributed by atoms with E-state index in [9.17, 15) is 0 Å². The summed E-state index contributed by atoms with van der Waals surface area (Å²) in [5.41, 5.74) is 0.191. The van der Waals surface area contributed by atoms with E-state index in [1.165, 1.54) is 0 Å². The Morgan fingerprint density at radius 1 is 0.800 bits per heavy atom. The molecule has 4 nitrogen and oxygen atoms in total. The molecule has 4 heteroatoms. The third kappa shape index (κ3) is 9.70. The van der Waals surface area contributed by atoms with E-state index in [1.807, 2.05) is 0 Å². The van der Waals surface area contributed by atoms with Crippen molar-refractivity contribution in [3.8, 4) is 0 Å². The zero-order chi connectivity index (χ0) is 15.6. The second-order valence-electron chi connectivity index (χ2n) is 7.13. The Hall–Kier alpha value is -0.160. The molecular formula is C16H34O4. The molecule has 0 saturated carbocycles. The van der Waals surface area contributed by atoms with E-state index in [-0.39, 0.29) is 16.9 Å². The van der Waals surface area contributed by atoms with Gasteiger partial charge >= 0.3 is 0 Å². The van der Waals surface area contributed by atoms with Gasteiger partial charge in [-0.05, 0) is 17.3 Å². The molecule has 0 aliphatic rings. The van der Waals surface area contributed by atoms with Gasteiger partial charge in [0.1, 0.15) is 0 Å². The van der Waals surface area contributed by atoms with Crippen LogP contribution in [0.2, 0.25) is 0 Å². The van der Waals surface area contributed by atoms with E-state index >= 15 is 0 Å². The topological polar surface area (TPSA) is 36.9 Å². The molecule has 0 aliphatic heterocycles. The zero-order valence-electron chi connectivity index (χ0n) is 14.5. The first-order valence-corrected chi connectivity index (χ1v) is 7.40.